The van der Waals surface area contributed by atoms with Crippen molar-refractivity contribution in [1.82, 2.24) is 0 Å². The van der Waals surface area contributed by atoms with Crippen molar-refractivity contribution in [2.45, 2.75) is 13.3 Å². The summed E-state index contributed by atoms with van der Waals surface area (Å²) in [7, 11) is 1.48. The number of hydrogen-bond acceptors (Lipinski definition) is 3. The molecule has 4 nitrogen and oxygen atoms in total. The first kappa shape index (κ1) is 13.5. The van der Waals surface area contributed by atoms with Crippen LogP contribution >= 0.6 is 11.6 Å². The fourth-order valence-electron chi connectivity index (χ4n) is 1.46. The molecule has 0 aromatic heterocycles. The Morgan fingerprint density at radius 2 is 2.12 bits per heavy atom. The molecule has 0 bridgehead atoms. The van der Waals surface area contributed by atoms with Crippen LogP contribution in [0.15, 0.2) is 18.2 Å². The van der Waals surface area contributed by atoms with Gasteiger partial charge in [-0.25, -0.2) is 0 Å². The summed E-state index contributed by atoms with van der Waals surface area (Å²) in [6, 6.07) is 4.65. The minimum Gasteiger partial charge on any atom is -0.495 e. The fraction of sp³-hybridized carbons (Fsp3) is 0.333. The number of ketones is 1. The predicted octanol–water partition coefficient (Wildman–Crippen LogP) is 2.64. The van der Waals surface area contributed by atoms with Crippen molar-refractivity contribution in [2.24, 2.45) is 5.92 Å². The molecule has 1 aromatic rings. The molecule has 0 fully saturated rings. The first-order valence-corrected chi connectivity index (χ1v) is 5.43. The summed E-state index contributed by atoms with van der Waals surface area (Å²) in [5.41, 5.74) is 0.393. The summed E-state index contributed by atoms with van der Waals surface area (Å²) in [6.07, 6.45) is -0.192. The predicted molar refractivity (Wildman–Crippen MR) is 63.8 cm³/mol. The number of hydrogen-bond donors (Lipinski definition) is 1. The standard InChI is InChI=1S/C12H13ClO4/c1-7(5-11(14)15)12(16)8-3-4-10(17-2)9(13)6-8/h3-4,6-7H,5H2,1-2H3,(H,14,15). The minimum atomic E-state index is -0.995. The lowest BCUT2D eigenvalue weighted by atomic mass is 9.96. The number of carboxylic acids is 1. The second-order valence-corrected chi connectivity index (χ2v) is 4.12. The average Bonchev–Trinajstić information content (AvgIpc) is 2.27. The molecule has 0 saturated carbocycles. The summed E-state index contributed by atoms with van der Waals surface area (Å²) >= 11 is 5.89. The number of halogens is 1. The second kappa shape index (κ2) is 5.68. The highest BCUT2D eigenvalue weighted by Gasteiger charge is 2.19. The number of carboxylic acid groups (broad SMARTS) is 1. The van der Waals surface area contributed by atoms with E-state index in [9.17, 15) is 9.59 Å². The number of Topliss-reactive ketones (excluding diaryl/α,β-unsaturated/α-hetero) is 1. The summed E-state index contributed by atoms with van der Waals surface area (Å²) < 4.78 is 4.97. The molecule has 1 unspecified atom stereocenters. The van der Waals surface area contributed by atoms with Gasteiger partial charge in [0.1, 0.15) is 5.75 Å². The van der Waals surface area contributed by atoms with Crippen molar-refractivity contribution in [1.29, 1.82) is 0 Å². The van der Waals surface area contributed by atoms with Crippen LogP contribution in [0.5, 0.6) is 5.75 Å². The van der Waals surface area contributed by atoms with E-state index in [2.05, 4.69) is 0 Å². The summed E-state index contributed by atoms with van der Waals surface area (Å²) in [4.78, 5) is 22.4. The van der Waals surface area contributed by atoms with Gasteiger partial charge in [-0.2, -0.15) is 0 Å². The summed E-state index contributed by atoms with van der Waals surface area (Å²) in [5, 5.41) is 8.95. The van der Waals surface area contributed by atoms with Crippen molar-refractivity contribution < 1.29 is 19.4 Å². The molecule has 5 heteroatoms. The van der Waals surface area contributed by atoms with Crippen molar-refractivity contribution in [3.63, 3.8) is 0 Å². The number of benzene rings is 1. The van der Waals surface area contributed by atoms with Gasteiger partial charge in [-0.1, -0.05) is 18.5 Å². The monoisotopic (exact) mass is 256 g/mol. The Morgan fingerprint density at radius 1 is 1.47 bits per heavy atom. The van der Waals surface area contributed by atoms with E-state index < -0.39 is 11.9 Å². The van der Waals surface area contributed by atoms with Crippen molar-refractivity contribution in [2.75, 3.05) is 7.11 Å². The lowest BCUT2D eigenvalue weighted by molar-refractivity contribution is -0.137. The van der Waals surface area contributed by atoms with Gasteiger partial charge in [0.05, 0.1) is 18.6 Å². The molecule has 0 radical (unpaired) electrons. The van der Waals surface area contributed by atoms with Crippen molar-refractivity contribution >= 4 is 23.4 Å². The number of methoxy groups -OCH3 is 1. The molecule has 92 valence electrons. The summed E-state index contributed by atoms with van der Waals surface area (Å²) in [5.74, 6) is -1.33. The van der Waals surface area contributed by atoms with Crippen LogP contribution in [0.2, 0.25) is 5.02 Å². The van der Waals surface area contributed by atoms with E-state index in [1.54, 1.807) is 19.1 Å². The Morgan fingerprint density at radius 3 is 2.59 bits per heavy atom. The molecule has 0 aliphatic carbocycles. The van der Waals surface area contributed by atoms with Crippen LogP contribution in [0.25, 0.3) is 0 Å². The molecule has 0 aliphatic heterocycles. The highest BCUT2D eigenvalue weighted by molar-refractivity contribution is 6.32. The molecular weight excluding hydrogens is 244 g/mol. The third kappa shape index (κ3) is 3.46. The lowest BCUT2D eigenvalue weighted by Gasteiger charge is -2.09. The first-order chi connectivity index (χ1) is 7.95. The zero-order valence-corrected chi connectivity index (χ0v) is 10.3. The van der Waals surface area contributed by atoms with Crippen LogP contribution in [0.1, 0.15) is 23.7 Å². The Bertz CT molecular complexity index is 442. The molecule has 17 heavy (non-hydrogen) atoms. The molecule has 0 heterocycles. The molecule has 0 aliphatic rings. The van der Waals surface area contributed by atoms with Gasteiger partial charge in [0.2, 0.25) is 0 Å². The van der Waals surface area contributed by atoms with Crippen LogP contribution in [0, 0.1) is 5.92 Å². The van der Waals surface area contributed by atoms with Gasteiger partial charge in [0.25, 0.3) is 0 Å². The number of ether oxygens (including phenoxy) is 1. The lowest BCUT2D eigenvalue weighted by Crippen LogP contribution is -2.15. The van der Waals surface area contributed by atoms with Crippen molar-refractivity contribution in [3.05, 3.63) is 28.8 Å². The van der Waals surface area contributed by atoms with E-state index in [0.717, 1.165) is 0 Å². The largest absolute Gasteiger partial charge is 0.495 e. The number of carbonyl (C=O) groups excluding carboxylic acids is 1. The maximum Gasteiger partial charge on any atom is 0.304 e. The molecule has 1 aromatic carbocycles. The van der Waals surface area contributed by atoms with Crippen LogP contribution in [0.4, 0.5) is 0 Å². The molecule has 0 spiro atoms. The van der Waals surface area contributed by atoms with Gasteiger partial charge in [0.15, 0.2) is 5.78 Å². The van der Waals surface area contributed by atoms with Gasteiger partial charge < -0.3 is 9.84 Å². The molecule has 1 N–H and O–H groups in total. The minimum absolute atomic E-state index is 0.192. The number of rotatable bonds is 5. The Hall–Kier alpha value is -1.55. The van der Waals surface area contributed by atoms with E-state index in [-0.39, 0.29) is 12.2 Å². The fourth-order valence-corrected chi connectivity index (χ4v) is 1.72. The van der Waals surface area contributed by atoms with Gasteiger partial charge in [-0.15, -0.1) is 0 Å². The molecular formula is C12H13ClO4. The molecule has 0 amide bonds. The smallest absolute Gasteiger partial charge is 0.304 e. The van der Waals surface area contributed by atoms with E-state index in [4.69, 9.17) is 21.4 Å². The van der Waals surface area contributed by atoms with Crippen LogP contribution in [0.3, 0.4) is 0 Å². The quantitative estimate of drug-likeness (QED) is 0.823. The van der Waals surface area contributed by atoms with E-state index in [1.165, 1.54) is 13.2 Å². The maximum atomic E-state index is 11.9. The number of carbonyl (C=O) groups is 2. The molecule has 1 rings (SSSR count). The highest BCUT2D eigenvalue weighted by atomic mass is 35.5. The zero-order chi connectivity index (χ0) is 13.0. The van der Waals surface area contributed by atoms with Crippen LogP contribution < -0.4 is 4.74 Å². The topological polar surface area (TPSA) is 63.6 Å². The SMILES string of the molecule is COc1ccc(C(=O)C(C)CC(=O)O)cc1Cl. The second-order valence-electron chi connectivity index (χ2n) is 3.71. The Labute approximate surface area is 104 Å². The third-order valence-electron chi connectivity index (χ3n) is 2.36. The average molecular weight is 257 g/mol. The van der Waals surface area contributed by atoms with Gasteiger partial charge >= 0.3 is 5.97 Å². The van der Waals surface area contributed by atoms with E-state index >= 15 is 0 Å². The van der Waals surface area contributed by atoms with Gasteiger partial charge in [0, 0.05) is 11.5 Å². The van der Waals surface area contributed by atoms with Crippen LogP contribution in [-0.2, 0) is 4.79 Å². The highest BCUT2D eigenvalue weighted by Crippen LogP contribution is 2.26. The zero-order valence-electron chi connectivity index (χ0n) is 9.57. The summed E-state index contributed by atoms with van der Waals surface area (Å²) in [6.45, 7) is 1.58. The normalized spacial score (nSPS) is 11.9. The van der Waals surface area contributed by atoms with Crippen molar-refractivity contribution in [3.8, 4) is 5.75 Å². The maximum absolute atomic E-state index is 11.9. The Kier molecular flexibility index (Phi) is 4.52. The molecule has 0 saturated heterocycles. The van der Waals surface area contributed by atoms with E-state index in [1.807, 2.05) is 0 Å². The van der Waals surface area contributed by atoms with Gasteiger partial charge in [-0.05, 0) is 18.2 Å². The van der Waals surface area contributed by atoms with Crippen LogP contribution in [-0.4, -0.2) is 24.0 Å². The first-order valence-electron chi connectivity index (χ1n) is 5.05. The Balaban J connectivity index is 2.89. The number of aliphatic carboxylic acids is 1. The third-order valence-corrected chi connectivity index (χ3v) is 2.66. The van der Waals surface area contributed by atoms with E-state index in [0.29, 0.717) is 16.3 Å². The van der Waals surface area contributed by atoms with Gasteiger partial charge in [-0.3, -0.25) is 9.59 Å². The molecule has 1 atom stereocenters.